The van der Waals surface area contributed by atoms with Crippen LogP contribution < -0.4 is 10.1 Å². The summed E-state index contributed by atoms with van der Waals surface area (Å²) >= 11 is 3.39. The van der Waals surface area contributed by atoms with Gasteiger partial charge in [-0.15, -0.1) is 0 Å². The highest BCUT2D eigenvalue weighted by Crippen LogP contribution is 2.23. The summed E-state index contributed by atoms with van der Waals surface area (Å²) in [5, 5.41) is 3.19. The smallest absolute Gasteiger partial charge is 0.219 e. The Balaban J connectivity index is 2.16. The topological polar surface area (TPSA) is 34.2 Å². The van der Waals surface area contributed by atoms with E-state index in [2.05, 4.69) is 33.2 Å². The van der Waals surface area contributed by atoms with E-state index >= 15 is 0 Å². The van der Waals surface area contributed by atoms with Crippen molar-refractivity contribution in [3.63, 3.8) is 0 Å². The molecule has 2 rings (SSSR count). The van der Waals surface area contributed by atoms with E-state index < -0.39 is 0 Å². The maximum atomic E-state index is 5.71. The van der Waals surface area contributed by atoms with Gasteiger partial charge in [-0.25, -0.2) is 4.98 Å². The lowest BCUT2D eigenvalue weighted by Gasteiger charge is -2.11. The van der Waals surface area contributed by atoms with E-state index in [-0.39, 0.29) is 6.04 Å². The number of benzene rings is 1. The third kappa shape index (κ3) is 3.31. The summed E-state index contributed by atoms with van der Waals surface area (Å²) in [7, 11) is 1.93. The number of halogens is 1. The first-order valence-electron chi connectivity index (χ1n) is 5.75. The molecular formula is C14H15BrN2O. The van der Waals surface area contributed by atoms with Gasteiger partial charge in [0.05, 0.1) is 0 Å². The first-order valence-corrected chi connectivity index (χ1v) is 6.55. The summed E-state index contributed by atoms with van der Waals surface area (Å²) < 4.78 is 6.74. The Morgan fingerprint density at radius 1 is 1.22 bits per heavy atom. The molecule has 1 unspecified atom stereocenters. The van der Waals surface area contributed by atoms with Crippen LogP contribution in [0, 0.1) is 0 Å². The molecule has 1 aromatic heterocycles. The minimum absolute atomic E-state index is 0.278. The summed E-state index contributed by atoms with van der Waals surface area (Å²) in [6, 6.07) is 11.9. The molecule has 18 heavy (non-hydrogen) atoms. The zero-order valence-corrected chi connectivity index (χ0v) is 11.9. The van der Waals surface area contributed by atoms with Crippen LogP contribution in [0.5, 0.6) is 11.6 Å². The van der Waals surface area contributed by atoms with Crippen LogP contribution in [0.3, 0.4) is 0 Å². The van der Waals surface area contributed by atoms with Crippen molar-refractivity contribution in [1.29, 1.82) is 0 Å². The number of pyridine rings is 1. The van der Waals surface area contributed by atoms with Gasteiger partial charge in [0, 0.05) is 22.8 Å². The minimum Gasteiger partial charge on any atom is -0.439 e. The van der Waals surface area contributed by atoms with Gasteiger partial charge < -0.3 is 10.1 Å². The highest BCUT2D eigenvalue weighted by Gasteiger charge is 2.05. The predicted octanol–water partition coefficient (Wildman–Crippen LogP) is 3.92. The molecular weight excluding hydrogens is 292 g/mol. The van der Waals surface area contributed by atoms with Crippen molar-refractivity contribution in [3.05, 3.63) is 52.6 Å². The number of hydrogen-bond donors (Lipinski definition) is 1. The van der Waals surface area contributed by atoms with Crippen LogP contribution in [0.1, 0.15) is 18.5 Å². The molecule has 1 heterocycles. The van der Waals surface area contributed by atoms with Gasteiger partial charge in [0.15, 0.2) is 0 Å². The Bertz CT molecular complexity index is 513. The van der Waals surface area contributed by atoms with Crippen LogP contribution in [-0.4, -0.2) is 12.0 Å². The molecule has 1 atom stereocenters. The van der Waals surface area contributed by atoms with Crippen LogP contribution in [-0.2, 0) is 0 Å². The fourth-order valence-electron chi connectivity index (χ4n) is 1.54. The number of nitrogens with one attached hydrogen (secondary N) is 1. The lowest BCUT2D eigenvalue weighted by molar-refractivity contribution is 0.460. The first-order chi connectivity index (χ1) is 8.69. The second-order valence-electron chi connectivity index (χ2n) is 3.99. The molecule has 0 aliphatic carbocycles. The van der Waals surface area contributed by atoms with Crippen molar-refractivity contribution < 1.29 is 4.74 Å². The van der Waals surface area contributed by atoms with Crippen molar-refractivity contribution in [1.82, 2.24) is 10.3 Å². The summed E-state index contributed by atoms with van der Waals surface area (Å²) in [6.07, 6.45) is 1.76. The Kier molecular flexibility index (Phi) is 4.33. The van der Waals surface area contributed by atoms with E-state index in [1.807, 2.05) is 43.4 Å². The molecule has 1 N–H and O–H groups in total. The van der Waals surface area contributed by atoms with Crippen LogP contribution in [0.4, 0.5) is 0 Å². The Morgan fingerprint density at radius 2 is 1.94 bits per heavy atom. The normalized spacial score (nSPS) is 12.2. The van der Waals surface area contributed by atoms with Gasteiger partial charge >= 0.3 is 0 Å². The van der Waals surface area contributed by atoms with Gasteiger partial charge in [0.25, 0.3) is 0 Å². The molecule has 0 radical (unpaired) electrons. The van der Waals surface area contributed by atoms with Gasteiger partial charge in [-0.05, 0) is 49.9 Å². The molecule has 94 valence electrons. The average Bonchev–Trinajstić information content (AvgIpc) is 2.41. The summed E-state index contributed by atoms with van der Waals surface area (Å²) in [4.78, 5) is 4.21. The van der Waals surface area contributed by atoms with Crippen molar-refractivity contribution in [3.8, 4) is 11.6 Å². The molecule has 0 saturated heterocycles. The molecule has 0 fully saturated rings. The number of nitrogens with zero attached hydrogens (tertiary/aromatic N) is 1. The van der Waals surface area contributed by atoms with Crippen molar-refractivity contribution in [2.45, 2.75) is 13.0 Å². The molecule has 1 aromatic carbocycles. The van der Waals surface area contributed by atoms with Gasteiger partial charge in [-0.3, -0.25) is 0 Å². The highest BCUT2D eigenvalue weighted by molar-refractivity contribution is 9.10. The maximum absolute atomic E-state index is 5.71. The predicted molar refractivity (Wildman–Crippen MR) is 75.9 cm³/mol. The molecule has 4 heteroatoms. The van der Waals surface area contributed by atoms with Crippen molar-refractivity contribution >= 4 is 15.9 Å². The number of aromatic nitrogens is 1. The van der Waals surface area contributed by atoms with Gasteiger partial charge in [-0.2, -0.15) is 0 Å². The highest BCUT2D eigenvalue weighted by atomic mass is 79.9. The van der Waals surface area contributed by atoms with Gasteiger partial charge in [0.2, 0.25) is 5.88 Å². The van der Waals surface area contributed by atoms with Crippen molar-refractivity contribution in [2.24, 2.45) is 0 Å². The number of rotatable bonds is 4. The minimum atomic E-state index is 0.278. The molecule has 2 aromatic rings. The summed E-state index contributed by atoms with van der Waals surface area (Å²) in [5.74, 6) is 1.39. The third-order valence-corrected chi connectivity index (χ3v) is 3.26. The Hall–Kier alpha value is -1.39. The van der Waals surface area contributed by atoms with Crippen LogP contribution in [0.2, 0.25) is 0 Å². The maximum Gasteiger partial charge on any atom is 0.219 e. The zero-order chi connectivity index (χ0) is 13.0. The van der Waals surface area contributed by atoms with Crippen LogP contribution in [0.15, 0.2) is 47.1 Å². The van der Waals surface area contributed by atoms with E-state index in [0.29, 0.717) is 5.88 Å². The largest absolute Gasteiger partial charge is 0.439 e. The van der Waals surface area contributed by atoms with Crippen LogP contribution >= 0.6 is 15.9 Å². The van der Waals surface area contributed by atoms with Crippen molar-refractivity contribution in [2.75, 3.05) is 7.05 Å². The standard InChI is InChI=1S/C14H15BrN2O/c1-10(16-2)11-7-8-17-14(9-11)18-13-5-3-12(15)4-6-13/h3-10,16H,1-2H3. The second-order valence-corrected chi connectivity index (χ2v) is 4.91. The molecule has 3 nitrogen and oxygen atoms in total. The summed E-state index contributed by atoms with van der Waals surface area (Å²) in [6.45, 7) is 2.10. The monoisotopic (exact) mass is 306 g/mol. The number of hydrogen-bond acceptors (Lipinski definition) is 3. The summed E-state index contributed by atoms with van der Waals surface area (Å²) in [5.41, 5.74) is 1.15. The fraction of sp³-hybridized carbons (Fsp3) is 0.214. The van der Waals surface area contributed by atoms with E-state index in [1.54, 1.807) is 6.20 Å². The lowest BCUT2D eigenvalue weighted by Crippen LogP contribution is -2.12. The molecule has 0 aliphatic heterocycles. The number of ether oxygens (including phenoxy) is 1. The van der Waals surface area contributed by atoms with E-state index in [0.717, 1.165) is 15.8 Å². The Labute approximate surface area is 115 Å². The van der Waals surface area contributed by atoms with E-state index in [9.17, 15) is 0 Å². The zero-order valence-electron chi connectivity index (χ0n) is 10.4. The van der Waals surface area contributed by atoms with E-state index in [1.165, 1.54) is 0 Å². The SMILES string of the molecule is CNC(C)c1ccnc(Oc2ccc(Br)cc2)c1. The second kappa shape index (κ2) is 5.98. The first kappa shape index (κ1) is 13.1. The fourth-order valence-corrected chi connectivity index (χ4v) is 1.80. The Morgan fingerprint density at radius 3 is 2.61 bits per heavy atom. The molecule has 0 bridgehead atoms. The average molecular weight is 307 g/mol. The van der Waals surface area contributed by atoms with E-state index in [4.69, 9.17) is 4.74 Å². The third-order valence-electron chi connectivity index (χ3n) is 2.73. The van der Waals surface area contributed by atoms with Crippen LogP contribution in [0.25, 0.3) is 0 Å². The lowest BCUT2D eigenvalue weighted by atomic mass is 10.1. The molecule has 0 saturated carbocycles. The molecule has 0 amide bonds. The van der Waals surface area contributed by atoms with Gasteiger partial charge in [0.1, 0.15) is 5.75 Å². The van der Waals surface area contributed by atoms with Gasteiger partial charge in [-0.1, -0.05) is 15.9 Å². The molecule has 0 aliphatic rings. The molecule has 0 spiro atoms. The quantitative estimate of drug-likeness (QED) is 0.929.